The zero-order chi connectivity index (χ0) is 14.7. The summed E-state index contributed by atoms with van der Waals surface area (Å²) >= 11 is 0. The third-order valence-corrected chi connectivity index (χ3v) is 4.27. The van der Waals surface area contributed by atoms with Gasteiger partial charge in [0, 0.05) is 24.2 Å². The van der Waals surface area contributed by atoms with Crippen molar-refractivity contribution >= 4 is 5.91 Å². The Labute approximate surface area is 121 Å². The maximum absolute atomic E-state index is 11.2. The highest BCUT2D eigenvalue weighted by atomic mass is 16.1. The predicted octanol–water partition coefficient (Wildman–Crippen LogP) is 1.80. The Morgan fingerprint density at radius 1 is 1.45 bits per heavy atom. The molecular weight excluding hydrogens is 250 g/mol. The number of hydrogen-bond donors (Lipinski definition) is 2. The first-order chi connectivity index (χ1) is 9.49. The second kappa shape index (κ2) is 6.37. The van der Waals surface area contributed by atoms with Crippen molar-refractivity contribution in [3.05, 3.63) is 34.9 Å². The lowest BCUT2D eigenvalue weighted by molar-refractivity contribution is 0.1000. The molecule has 0 bridgehead atoms. The predicted molar refractivity (Wildman–Crippen MR) is 81.4 cm³/mol. The maximum atomic E-state index is 11.2. The molecule has 1 heterocycles. The first-order valence-electron chi connectivity index (χ1n) is 7.38. The number of nitrogens with two attached hydrogens (primary N) is 2. The number of rotatable bonds is 4. The van der Waals surface area contributed by atoms with Gasteiger partial charge in [0.1, 0.15) is 0 Å². The van der Waals surface area contributed by atoms with Crippen molar-refractivity contribution < 1.29 is 4.79 Å². The normalized spacial score (nSPS) is 21.6. The Morgan fingerprint density at radius 3 is 2.80 bits per heavy atom. The minimum Gasteiger partial charge on any atom is -0.366 e. The number of primary amides is 1. The van der Waals surface area contributed by atoms with Crippen LogP contribution in [0.2, 0.25) is 0 Å². The Bertz CT molecular complexity index is 485. The van der Waals surface area contributed by atoms with E-state index in [0.29, 0.717) is 11.6 Å². The molecule has 1 fully saturated rings. The zero-order valence-corrected chi connectivity index (χ0v) is 12.4. The molecule has 4 N–H and O–H groups in total. The SMILES string of the molecule is Cc1cc(C(N)=O)ccc1CN1CCCCC1C(C)N. The molecule has 1 aliphatic rings. The summed E-state index contributed by atoms with van der Waals surface area (Å²) in [5.41, 5.74) is 14.4. The third-order valence-electron chi connectivity index (χ3n) is 4.27. The fraction of sp³-hybridized carbons (Fsp3) is 0.562. The van der Waals surface area contributed by atoms with Crippen molar-refractivity contribution in [1.82, 2.24) is 4.90 Å². The van der Waals surface area contributed by atoms with E-state index in [2.05, 4.69) is 11.8 Å². The minimum atomic E-state index is -0.369. The largest absolute Gasteiger partial charge is 0.366 e. The van der Waals surface area contributed by atoms with Crippen molar-refractivity contribution in [1.29, 1.82) is 0 Å². The number of hydrogen-bond acceptors (Lipinski definition) is 3. The second-order valence-electron chi connectivity index (χ2n) is 5.90. The molecule has 4 nitrogen and oxygen atoms in total. The van der Waals surface area contributed by atoms with E-state index >= 15 is 0 Å². The van der Waals surface area contributed by atoms with E-state index in [1.165, 1.54) is 24.8 Å². The van der Waals surface area contributed by atoms with Gasteiger partial charge in [-0.15, -0.1) is 0 Å². The van der Waals surface area contributed by atoms with Gasteiger partial charge in [0.15, 0.2) is 0 Å². The molecule has 4 heteroatoms. The summed E-state index contributed by atoms with van der Waals surface area (Å²) in [6.07, 6.45) is 3.68. The number of nitrogens with zero attached hydrogens (tertiary/aromatic N) is 1. The van der Waals surface area contributed by atoms with Crippen LogP contribution in [-0.4, -0.2) is 29.4 Å². The Hall–Kier alpha value is -1.39. The van der Waals surface area contributed by atoms with Crippen LogP contribution < -0.4 is 11.5 Å². The quantitative estimate of drug-likeness (QED) is 0.880. The van der Waals surface area contributed by atoms with Gasteiger partial charge in [0.25, 0.3) is 0 Å². The molecule has 1 aliphatic heterocycles. The Balaban J connectivity index is 2.14. The summed E-state index contributed by atoms with van der Waals surface area (Å²) in [4.78, 5) is 13.7. The number of likely N-dealkylation sites (tertiary alicyclic amines) is 1. The maximum Gasteiger partial charge on any atom is 0.248 e. The van der Waals surface area contributed by atoms with Gasteiger partial charge < -0.3 is 11.5 Å². The lowest BCUT2D eigenvalue weighted by atomic mass is 9.95. The molecular formula is C16H25N3O. The average molecular weight is 275 g/mol. The molecule has 0 aromatic heterocycles. The van der Waals surface area contributed by atoms with E-state index in [9.17, 15) is 4.79 Å². The number of amides is 1. The van der Waals surface area contributed by atoms with Crippen LogP contribution in [-0.2, 0) is 6.54 Å². The van der Waals surface area contributed by atoms with Crippen molar-refractivity contribution in [2.75, 3.05) is 6.54 Å². The summed E-state index contributed by atoms with van der Waals surface area (Å²) in [6.45, 7) is 6.12. The van der Waals surface area contributed by atoms with Crippen LogP contribution in [0.25, 0.3) is 0 Å². The molecule has 0 aliphatic carbocycles. The Kier molecular flexibility index (Phi) is 4.78. The van der Waals surface area contributed by atoms with Crippen LogP contribution in [0.4, 0.5) is 0 Å². The highest BCUT2D eigenvalue weighted by molar-refractivity contribution is 5.93. The van der Waals surface area contributed by atoms with Gasteiger partial charge in [0.2, 0.25) is 5.91 Å². The van der Waals surface area contributed by atoms with Gasteiger partial charge in [-0.1, -0.05) is 12.5 Å². The van der Waals surface area contributed by atoms with E-state index in [-0.39, 0.29) is 11.9 Å². The van der Waals surface area contributed by atoms with E-state index < -0.39 is 0 Å². The van der Waals surface area contributed by atoms with Crippen molar-refractivity contribution in [3.63, 3.8) is 0 Å². The smallest absolute Gasteiger partial charge is 0.248 e. The summed E-state index contributed by atoms with van der Waals surface area (Å²) in [6, 6.07) is 6.36. The van der Waals surface area contributed by atoms with Crippen molar-refractivity contribution in [2.45, 2.75) is 51.7 Å². The van der Waals surface area contributed by atoms with E-state index in [1.54, 1.807) is 0 Å². The molecule has 1 amide bonds. The van der Waals surface area contributed by atoms with E-state index in [4.69, 9.17) is 11.5 Å². The monoisotopic (exact) mass is 275 g/mol. The number of aryl methyl sites for hydroxylation is 1. The van der Waals surface area contributed by atoms with E-state index in [0.717, 1.165) is 18.7 Å². The van der Waals surface area contributed by atoms with Crippen LogP contribution >= 0.6 is 0 Å². The van der Waals surface area contributed by atoms with Crippen LogP contribution in [0.15, 0.2) is 18.2 Å². The lowest BCUT2D eigenvalue weighted by Crippen LogP contribution is -2.48. The van der Waals surface area contributed by atoms with Gasteiger partial charge in [-0.25, -0.2) is 0 Å². The van der Waals surface area contributed by atoms with Crippen LogP contribution in [0, 0.1) is 6.92 Å². The molecule has 2 unspecified atom stereocenters. The third kappa shape index (κ3) is 3.38. The molecule has 0 radical (unpaired) electrons. The highest BCUT2D eigenvalue weighted by Crippen LogP contribution is 2.23. The number of piperidine rings is 1. The molecule has 2 rings (SSSR count). The van der Waals surface area contributed by atoms with Gasteiger partial charge in [-0.05, 0) is 56.5 Å². The second-order valence-corrected chi connectivity index (χ2v) is 5.90. The molecule has 0 spiro atoms. The topological polar surface area (TPSA) is 72.4 Å². The first-order valence-corrected chi connectivity index (χ1v) is 7.38. The molecule has 1 aromatic carbocycles. The summed E-state index contributed by atoms with van der Waals surface area (Å²) in [7, 11) is 0. The van der Waals surface area contributed by atoms with Gasteiger partial charge >= 0.3 is 0 Å². The molecule has 1 saturated heterocycles. The molecule has 2 atom stereocenters. The molecule has 1 aromatic rings. The highest BCUT2D eigenvalue weighted by Gasteiger charge is 2.25. The van der Waals surface area contributed by atoms with Crippen molar-refractivity contribution in [3.8, 4) is 0 Å². The summed E-state index contributed by atoms with van der Waals surface area (Å²) in [5, 5.41) is 0. The molecule has 110 valence electrons. The molecule has 0 saturated carbocycles. The fourth-order valence-corrected chi connectivity index (χ4v) is 3.05. The number of carbonyl (C=O) groups is 1. The van der Waals surface area contributed by atoms with Crippen LogP contribution in [0.3, 0.4) is 0 Å². The van der Waals surface area contributed by atoms with Gasteiger partial charge in [-0.2, -0.15) is 0 Å². The van der Waals surface area contributed by atoms with Gasteiger partial charge in [-0.3, -0.25) is 9.69 Å². The fourth-order valence-electron chi connectivity index (χ4n) is 3.05. The lowest BCUT2D eigenvalue weighted by Gasteiger charge is -2.38. The summed E-state index contributed by atoms with van der Waals surface area (Å²) < 4.78 is 0. The summed E-state index contributed by atoms with van der Waals surface area (Å²) in [5.74, 6) is -0.369. The standard InChI is InChI=1S/C16H25N3O/c1-11-9-13(16(18)20)6-7-14(11)10-19-8-4-3-5-15(19)12(2)17/h6-7,9,12,15H,3-5,8,10,17H2,1-2H3,(H2,18,20). The van der Waals surface area contributed by atoms with Crippen LogP contribution in [0.5, 0.6) is 0 Å². The zero-order valence-electron chi connectivity index (χ0n) is 12.4. The molecule has 20 heavy (non-hydrogen) atoms. The minimum absolute atomic E-state index is 0.195. The van der Waals surface area contributed by atoms with Crippen LogP contribution in [0.1, 0.15) is 47.7 Å². The van der Waals surface area contributed by atoms with Crippen molar-refractivity contribution in [2.24, 2.45) is 11.5 Å². The average Bonchev–Trinajstić information content (AvgIpc) is 2.41. The first kappa shape index (κ1) is 15.0. The number of benzene rings is 1. The van der Waals surface area contributed by atoms with Gasteiger partial charge in [0.05, 0.1) is 0 Å². The van der Waals surface area contributed by atoms with E-state index in [1.807, 2.05) is 25.1 Å². The Morgan fingerprint density at radius 2 is 2.20 bits per heavy atom. The number of carbonyl (C=O) groups excluding carboxylic acids is 1.